The quantitative estimate of drug-likeness (QED) is 0.196. The van der Waals surface area contributed by atoms with Crippen LogP contribution in [0.25, 0.3) is 0 Å². The Kier molecular flexibility index (Phi) is 15.5. The van der Waals surface area contributed by atoms with Crippen LogP contribution < -0.4 is 0 Å². The molecule has 0 nitrogen and oxygen atoms in total. The fraction of sp³-hybridized carbons (Fsp3) is 0.667. The summed E-state index contributed by atoms with van der Waals surface area (Å²) in [5.74, 6) is 0. The Morgan fingerprint density at radius 2 is 1.17 bits per heavy atom. The van der Waals surface area contributed by atoms with Gasteiger partial charge in [0.15, 0.2) is 0 Å². The predicted molar refractivity (Wildman–Crippen MR) is 84.9 cm³/mol. The zero-order valence-electron chi connectivity index (χ0n) is 12.4. The number of rotatable bonds is 13. The van der Waals surface area contributed by atoms with Crippen LogP contribution in [0.3, 0.4) is 0 Å². The van der Waals surface area contributed by atoms with E-state index in [2.05, 4.69) is 31.7 Å². The predicted octanol–water partition coefficient (Wildman–Crippen LogP) is 6.60. The van der Waals surface area contributed by atoms with Gasteiger partial charge >= 0.3 is 0 Å². The van der Waals surface area contributed by atoms with E-state index in [1.54, 1.807) is 0 Å². The molecule has 0 fully saturated rings. The molecule has 0 spiro atoms. The van der Waals surface area contributed by atoms with E-state index in [-0.39, 0.29) is 0 Å². The molecule has 18 heavy (non-hydrogen) atoms. The molecule has 0 unspecified atom stereocenters. The largest absolute Gasteiger partial charge is 0.0991 e. The average molecular weight is 248 g/mol. The van der Waals surface area contributed by atoms with Crippen LogP contribution in [0.15, 0.2) is 37.0 Å². The topological polar surface area (TPSA) is 0 Å². The van der Waals surface area contributed by atoms with Crippen molar-refractivity contribution in [1.29, 1.82) is 0 Å². The molecule has 0 heterocycles. The SMILES string of the molecule is C=C/C=C/CCCCCCCCC=CCCCC. The summed E-state index contributed by atoms with van der Waals surface area (Å²) in [4.78, 5) is 0. The lowest BCUT2D eigenvalue weighted by Gasteiger charge is -1.99. The van der Waals surface area contributed by atoms with Gasteiger partial charge in [0, 0.05) is 0 Å². The summed E-state index contributed by atoms with van der Waals surface area (Å²) in [6.07, 6.45) is 25.6. The highest BCUT2D eigenvalue weighted by molar-refractivity contribution is 4.96. The summed E-state index contributed by atoms with van der Waals surface area (Å²) in [6.45, 7) is 5.92. The molecular formula is C18H32. The molecule has 0 atom stereocenters. The molecule has 0 aliphatic rings. The fourth-order valence-electron chi connectivity index (χ4n) is 1.98. The summed E-state index contributed by atoms with van der Waals surface area (Å²) < 4.78 is 0. The molecule has 0 radical (unpaired) electrons. The van der Waals surface area contributed by atoms with Gasteiger partial charge in [-0.3, -0.25) is 0 Å². The molecule has 0 rings (SSSR count). The van der Waals surface area contributed by atoms with Crippen LogP contribution in [-0.2, 0) is 0 Å². The lowest BCUT2D eigenvalue weighted by Crippen LogP contribution is -1.79. The highest BCUT2D eigenvalue weighted by atomic mass is 14.0. The first-order chi connectivity index (χ1) is 8.91. The Bertz CT molecular complexity index is 210. The lowest BCUT2D eigenvalue weighted by atomic mass is 10.1. The molecule has 0 bridgehead atoms. The van der Waals surface area contributed by atoms with Crippen LogP contribution in [0, 0.1) is 0 Å². The van der Waals surface area contributed by atoms with Crippen LogP contribution in [0.5, 0.6) is 0 Å². The van der Waals surface area contributed by atoms with Crippen molar-refractivity contribution in [2.24, 2.45) is 0 Å². The fourth-order valence-corrected chi connectivity index (χ4v) is 1.98. The Morgan fingerprint density at radius 3 is 1.72 bits per heavy atom. The van der Waals surface area contributed by atoms with E-state index in [1.807, 2.05) is 12.2 Å². The number of allylic oxidation sites excluding steroid dienone is 5. The minimum atomic E-state index is 1.21. The maximum absolute atomic E-state index is 3.67. The van der Waals surface area contributed by atoms with Crippen molar-refractivity contribution < 1.29 is 0 Å². The van der Waals surface area contributed by atoms with E-state index >= 15 is 0 Å². The molecule has 0 aliphatic carbocycles. The van der Waals surface area contributed by atoms with Gasteiger partial charge in [0.25, 0.3) is 0 Å². The second-order valence-electron chi connectivity index (χ2n) is 4.98. The van der Waals surface area contributed by atoms with Gasteiger partial charge in [0.05, 0.1) is 0 Å². The molecule has 0 heteroatoms. The van der Waals surface area contributed by atoms with Gasteiger partial charge in [0.1, 0.15) is 0 Å². The Morgan fingerprint density at radius 1 is 0.667 bits per heavy atom. The monoisotopic (exact) mass is 248 g/mol. The van der Waals surface area contributed by atoms with E-state index in [9.17, 15) is 0 Å². The minimum absolute atomic E-state index is 1.21. The molecule has 0 saturated carbocycles. The maximum atomic E-state index is 3.67. The van der Waals surface area contributed by atoms with E-state index in [0.717, 1.165) is 0 Å². The first kappa shape index (κ1) is 17.2. The van der Waals surface area contributed by atoms with Gasteiger partial charge < -0.3 is 0 Å². The summed E-state index contributed by atoms with van der Waals surface area (Å²) in [7, 11) is 0. The van der Waals surface area contributed by atoms with Gasteiger partial charge in [-0.05, 0) is 32.1 Å². The highest BCUT2D eigenvalue weighted by Gasteiger charge is 1.89. The molecule has 104 valence electrons. The van der Waals surface area contributed by atoms with Crippen molar-refractivity contribution in [2.75, 3.05) is 0 Å². The third kappa shape index (κ3) is 15.2. The molecule has 0 aromatic heterocycles. The second-order valence-corrected chi connectivity index (χ2v) is 4.98. The first-order valence-corrected chi connectivity index (χ1v) is 7.84. The van der Waals surface area contributed by atoms with Gasteiger partial charge in [-0.1, -0.05) is 82.4 Å². The molecule has 0 aliphatic heterocycles. The van der Waals surface area contributed by atoms with Crippen molar-refractivity contribution >= 4 is 0 Å². The summed E-state index contributed by atoms with van der Waals surface area (Å²) in [5.41, 5.74) is 0. The summed E-state index contributed by atoms with van der Waals surface area (Å²) in [6, 6.07) is 0. The maximum Gasteiger partial charge on any atom is -0.0348 e. The Hall–Kier alpha value is -0.780. The third-order valence-corrected chi connectivity index (χ3v) is 3.15. The number of hydrogen-bond donors (Lipinski definition) is 0. The minimum Gasteiger partial charge on any atom is -0.0991 e. The molecule has 0 aromatic rings. The van der Waals surface area contributed by atoms with Crippen molar-refractivity contribution in [2.45, 2.75) is 77.6 Å². The highest BCUT2D eigenvalue weighted by Crippen LogP contribution is 2.09. The smallest absolute Gasteiger partial charge is 0.0348 e. The van der Waals surface area contributed by atoms with Crippen LogP contribution >= 0.6 is 0 Å². The van der Waals surface area contributed by atoms with Gasteiger partial charge in [-0.15, -0.1) is 0 Å². The van der Waals surface area contributed by atoms with Crippen LogP contribution in [0.1, 0.15) is 77.6 Å². The number of hydrogen-bond acceptors (Lipinski definition) is 0. The average Bonchev–Trinajstić information content (AvgIpc) is 2.39. The van der Waals surface area contributed by atoms with E-state index in [4.69, 9.17) is 0 Å². The standard InChI is InChI=1S/C18H32/c1-3-5-7-9-11-13-15-17-18-16-14-12-10-8-6-4-2/h3,5,7,10,12H,1,4,6,8-9,11,13-18H2,2H3/b7-5+,12-10?. The van der Waals surface area contributed by atoms with Crippen LogP contribution in [-0.4, -0.2) is 0 Å². The van der Waals surface area contributed by atoms with Crippen molar-refractivity contribution in [3.8, 4) is 0 Å². The van der Waals surface area contributed by atoms with Crippen molar-refractivity contribution in [3.05, 3.63) is 37.0 Å². The normalized spacial score (nSPS) is 11.6. The second kappa shape index (κ2) is 16.2. The van der Waals surface area contributed by atoms with Crippen molar-refractivity contribution in [3.63, 3.8) is 0 Å². The van der Waals surface area contributed by atoms with E-state index in [0.29, 0.717) is 0 Å². The molecule has 0 amide bonds. The zero-order valence-corrected chi connectivity index (χ0v) is 12.4. The van der Waals surface area contributed by atoms with Crippen molar-refractivity contribution in [1.82, 2.24) is 0 Å². The summed E-state index contributed by atoms with van der Waals surface area (Å²) >= 11 is 0. The van der Waals surface area contributed by atoms with Crippen LogP contribution in [0.2, 0.25) is 0 Å². The molecular weight excluding hydrogens is 216 g/mol. The van der Waals surface area contributed by atoms with Gasteiger partial charge in [-0.25, -0.2) is 0 Å². The van der Waals surface area contributed by atoms with Gasteiger partial charge in [0.2, 0.25) is 0 Å². The lowest BCUT2D eigenvalue weighted by molar-refractivity contribution is 0.599. The zero-order chi connectivity index (χ0) is 13.3. The first-order valence-electron chi connectivity index (χ1n) is 7.84. The molecule has 0 saturated heterocycles. The molecule has 0 aromatic carbocycles. The number of unbranched alkanes of at least 4 members (excludes halogenated alkanes) is 9. The molecule has 0 N–H and O–H groups in total. The van der Waals surface area contributed by atoms with Gasteiger partial charge in [-0.2, -0.15) is 0 Å². The third-order valence-electron chi connectivity index (χ3n) is 3.15. The van der Waals surface area contributed by atoms with E-state index < -0.39 is 0 Å². The Labute approximate surface area is 115 Å². The van der Waals surface area contributed by atoms with E-state index in [1.165, 1.54) is 70.6 Å². The van der Waals surface area contributed by atoms with Crippen LogP contribution in [0.4, 0.5) is 0 Å². The summed E-state index contributed by atoms with van der Waals surface area (Å²) in [5, 5.41) is 0. The Balaban J connectivity index is 3.05.